The van der Waals surface area contributed by atoms with Gasteiger partial charge in [0.2, 0.25) is 11.6 Å². The van der Waals surface area contributed by atoms with Gasteiger partial charge >= 0.3 is 0 Å². The lowest BCUT2D eigenvalue weighted by Gasteiger charge is -2.38. The molecule has 2 aromatic carbocycles. The molecule has 0 spiro atoms. The van der Waals surface area contributed by atoms with Crippen molar-refractivity contribution in [2.75, 3.05) is 0 Å². The van der Waals surface area contributed by atoms with E-state index in [0.29, 0.717) is 12.8 Å². The summed E-state index contributed by atoms with van der Waals surface area (Å²) in [4.78, 5) is 82.9. The van der Waals surface area contributed by atoms with E-state index < -0.39 is 58.1 Å². The van der Waals surface area contributed by atoms with Crippen molar-refractivity contribution in [3.05, 3.63) is 70.8 Å². The molecular formula is C34H42N4O6. The molecule has 2 aromatic rings. The number of fused-ring (bicyclic) bond motifs is 2. The average molecular weight is 603 g/mol. The molecule has 0 radical (unpaired) electrons. The Hall–Kier alpha value is -4.34. The minimum Gasteiger partial charge on any atom is -0.319 e. The number of ketones is 2. The van der Waals surface area contributed by atoms with Gasteiger partial charge < -0.3 is 9.80 Å². The molecule has 0 fully saturated rings. The molecule has 0 saturated carbocycles. The molecule has 2 atom stereocenters. The van der Waals surface area contributed by atoms with Crippen LogP contribution < -0.4 is 10.9 Å². The van der Waals surface area contributed by atoms with E-state index in [4.69, 9.17) is 0 Å². The first-order valence-electron chi connectivity index (χ1n) is 15.2. The summed E-state index contributed by atoms with van der Waals surface area (Å²) in [5, 5.41) is 0. The SMILES string of the molecule is CCC(C)(C)C(=O)C(=O)N1Cc2ccccc2CC1C(=O)NNC(=O)[C@@H]1Cc2ccccc2CN1C(=O)C(=O)C(C)(C)CC. The monoisotopic (exact) mass is 602 g/mol. The van der Waals surface area contributed by atoms with Crippen molar-refractivity contribution < 1.29 is 28.8 Å². The lowest BCUT2D eigenvalue weighted by Crippen LogP contribution is -2.61. The Balaban J connectivity index is 1.56. The van der Waals surface area contributed by atoms with Gasteiger partial charge in [-0.1, -0.05) is 90.1 Å². The molecule has 2 heterocycles. The number of carbonyl (C=O) groups is 6. The van der Waals surface area contributed by atoms with E-state index in [1.807, 2.05) is 62.4 Å². The first-order chi connectivity index (χ1) is 20.7. The molecule has 2 aliphatic heterocycles. The number of carbonyl (C=O) groups excluding carboxylic acids is 6. The number of Topliss-reactive ketones (excluding diaryl/α,β-unsaturated/α-hetero) is 2. The maximum absolute atomic E-state index is 13.6. The van der Waals surface area contributed by atoms with Crippen molar-refractivity contribution in [2.45, 2.75) is 92.4 Å². The molecule has 44 heavy (non-hydrogen) atoms. The van der Waals surface area contributed by atoms with E-state index in [-0.39, 0.29) is 25.9 Å². The van der Waals surface area contributed by atoms with Crippen molar-refractivity contribution in [3.8, 4) is 0 Å². The number of benzene rings is 2. The van der Waals surface area contributed by atoms with Gasteiger partial charge in [-0.05, 0) is 35.1 Å². The first kappa shape index (κ1) is 32.6. The maximum atomic E-state index is 13.6. The quantitative estimate of drug-likeness (QED) is 0.353. The van der Waals surface area contributed by atoms with Gasteiger partial charge in [0.15, 0.2) is 0 Å². The third kappa shape index (κ3) is 6.44. The fourth-order valence-corrected chi connectivity index (χ4v) is 5.39. The second-order valence-electron chi connectivity index (χ2n) is 13.0. The molecular weight excluding hydrogens is 560 g/mol. The molecule has 1 unspecified atom stereocenters. The van der Waals surface area contributed by atoms with Crippen LogP contribution in [-0.4, -0.2) is 57.1 Å². The summed E-state index contributed by atoms with van der Waals surface area (Å²) in [5.41, 5.74) is 6.49. The Labute approximate surface area is 258 Å². The number of hydrazine groups is 1. The average Bonchev–Trinajstić information content (AvgIpc) is 3.04. The van der Waals surface area contributed by atoms with Crippen LogP contribution in [0.1, 0.15) is 76.6 Å². The Morgan fingerprint density at radius 1 is 0.614 bits per heavy atom. The predicted octanol–water partition coefficient (Wildman–Crippen LogP) is 3.05. The molecule has 2 N–H and O–H groups in total. The number of hydrogen-bond donors (Lipinski definition) is 2. The Morgan fingerprint density at radius 3 is 1.25 bits per heavy atom. The Bertz CT molecular complexity index is 1380. The van der Waals surface area contributed by atoms with Crippen molar-refractivity contribution in [1.29, 1.82) is 0 Å². The molecule has 4 rings (SSSR count). The highest BCUT2D eigenvalue weighted by molar-refractivity contribution is 6.38. The van der Waals surface area contributed by atoms with Gasteiger partial charge in [-0.2, -0.15) is 0 Å². The maximum Gasteiger partial charge on any atom is 0.291 e. The van der Waals surface area contributed by atoms with Crippen molar-refractivity contribution >= 4 is 35.2 Å². The highest BCUT2D eigenvalue weighted by Crippen LogP contribution is 2.29. The molecule has 4 amide bonds. The lowest BCUT2D eigenvalue weighted by atomic mass is 9.83. The minimum atomic E-state index is -1.05. The van der Waals surface area contributed by atoms with Crippen LogP contribution in [-0.2, 0) is 54.7 Å². The summed E-state index contributed by atoms with van der Waals surface area (Å²) >= 11 is 0. The molecule has 10 heteroatoms. The van der Waals surface area contributed by atoms with Crippen LogP contribution >= 0.6 is 0 Å². The second kappa shape index (κ2) is 12.7. The van der Waals surface area contributed by atoms with E-state index in [1.165, 1.54) is 9.80 Å². The van der Waals surface area contributed by atoms with Crippen molar-refractivity contribution in [2.24, 2.45) is 10.8 Å². The largest absolute Gasteiger partial charge is 0.319 e. The standard InChI is InChI=1S/C34H42N4O6/c1-7-33(3,4)27(39)31(43)37-19-23-15-11-9-13-21(23)17-25(37)29(41)35-36-30(42)26-18-22-14-10-12-16-24(22)20-38(26)32(44)28(40)34(5,6)8-2/h9-16,25-26H,7-8,17-20H2,1-6H3,(H,35,41)(H,36,42)/t25-,26?/m0/s1. The molecule has 10 nitrogen and oxygen atoms in total. The van der Waals surface area contributed by atoms with Gasteiger partial charge in [0.1, 0.15) is 12.1 Å². The summed E-state index contributed by atoms with van der Waals surface area (Å²) in [6.45, 7) is 10.6. The highest BCUT2D eigenvalue weighted by Gasteiger charge is 2.43. The van der Waals surface area contributed by atoms with Gasteiger partial charge in [-0.15, -0.1) is 0 Å². The lowest BCUT2D eigenvalue weighted by molar-refractivity contribution is -0.155. The van der Waals surface area contributed by atoms with Crippen molar-refractivity contribution in [3.63, 3.8) is 0 Å². The van der Waals surface area contributed by atoms with E-state index >= 15 is 0 Å². The normalized spacial score (nSPS) is 18.0. The number of hydrogen-bond acceptors (Lipinski definition) is 6. The highest BCUT2D eigenvalue weighted by atomic mass is 16.2. The van der Waals surface area contributed by atoms with Crippen LogP contribution in [0.4, 0.5) is 0 Å². The number of rotatable bonds is 8. The Kier molecular flexibility index (Phi) is 9.41. The zero-order valence-corrected chi connectivity index (χ0v) is 26.4. The molecule has 0 aliphatic carbocycles. The van der Waals surface area contributed by atoms with Gasteiger partial charge in [0, 0.05) is 36.8 Å². The first-order valence-corrected chi connectivity index (χ1v) is 15.2. The van der Waals surface area contributed by atoms with E-state index in [0.717, 1.165) is 22.3 Å². The van der Waals surface area contributed by atoms with Crippen molar-refractivity contribution in [1.82, 2.24) is 20.7 Å². The van der Waals surface area contributed by atoms with E-state index in [2.05, 4.69) is 10.9 Å². The van der Waals surface area contributed by atoms with Crippen LogP contribution in [0, 0.1) is 10.8 Å². The smallest absolute Gasteiger partial charge is 0.291 e. The number of amides is 4. The van der Waals surface area contributed by atoms with Gasteiger partial charge in [-0.3, -0.25) is 39.6 Å². The molecule has 0 aromatic heterocycles. The Morgan fingerprint density at radius 2 is 0.932 bits per heavy atom. The molecule has 234 valence electrons. The predicted molar refractivity (Wildman–Crippen MR) is 163 cm³/mol. The fourth-order valence-electron chi connectivity index (χ4n) is 5.39. The summed E-state index contributed by atoms with van der Waals surface area (Å²) in [6, 6.07) is 12.7. The second-order valence-corrected chi connectivity index (χ2v) is 13.0. The number of nitrogens with zero attached hydrogens (tertiary/aromatic N) is 2. The number of nitrogens with one attached hydrogen (secondary N) is 2. The fraction of sp³-hybridized carbons (Fsp3) is 0.471. The minimum absolute atomic E-state index is 0.0730. The van der Waals surface area contributed by atoms with Crippen LogP contribution in [0.3, 0.4) is 0 Å². The summed E-state index contributed by atoms with van der Waals surface area (Å²) < 4.78 is 0. The van der Waals surface area contributed by atoms with Crippen LogP contribution in [0.2, 0.25) is 0 Å². The summed E-state index contributed by atoms with van der Waals surface area (Å²) in [7, 11) is 0. The van der Waals surface area contributed by atoms with Crippen LogP contribution in [0.15, 0.2) is 48.5 Å². The third-order valence-corrected chi connectivity index (χ3v) is 9.32. The van der Waals surface area contributed by atoms with Gasteiger partial charge in [0.25, 0.3) is 23.6 Å². The van der Waals surface area contributed by atoms with Crippen LogP contribution in [0.25, 0.3) is 0 Å². The summed E-state index contributed by atoms with van der Waals surface area (Å²) in [6.07, 6.45) is 1.22. The van der Waals surface area contributed by atoms with E-state index in [1.54, 1.807) is 27.7 Å². The molecule has 0 saturated heterocycles. The van der Waals surface area contributed by atoms with E-state index in [9.17, 15) is 28.8 Å². The molecule has 2 aliphatic rings. The van der Waals surface area contributed by atoms with Crippen LogP contribution in [0.5, 0.6) is 0 Å². The zero-order chi connectivity index (χ0) is 32.4. The summed E-state index contributed by atoms with van der Waals surface area (Å²) in [5.74, 6) is -4.01. The zero-order valence-electron chi connectivity index (χ0n) is 26.4. The van der Waals surface area contributed by atoms with Gasteiger partial charge in [-0.25, -0.2) is 0 Å². The van der Waals surface area contributed by atoms with Gasteiger partial charge in [0.05, 0.1) is 0 Å². The topological polar surface area (TPSA) is 133 Å². The third-order valence-electron chi connectivity index (χ3n) is 9.32. The molecule has 0 bridgehead atoms.